The second kappa shape index (κ2) is 11.8. The van der Waals surface area contributed by atoms with Gasteiger partial charge in [-0.25, -0.2) is 4.79 Å². The van der Waals surface area contributed by atoms with Crippen molar-refractivity contribution in [2.24, 2.45) is 0 Å². The number of rotatable bonds is 11. The van der Waals surface area contributed by atoms with Gasteiger partial charge >= 0.3 is 5.97 Å². The second-order valence-corrected chi connectivity index (χ2v) is 7.79. The second-order valence-electron chi connectivity index (χ2n) is 7.79. The van der Waals surface area contributed by atoms with Gasteiger partial charge in [0.25, 0.3) is 5.91 Å². The van der Waals surface area contributed by atoms with Crippen LogP contribution in [0.25, 0.3) is 0 Å². The van der Waals surface area contributed by atoms with Gasteiger partial charge in [-0.15, -0.1) is 0 Å². The van der Waals surface area contributed by atoms with Crippen molar-refractivity contribution in [1.82, 2.24) is 4.90 Å². The number of nitrogens with zero attached hydrogens (tertiary/aromatic N) is 1. The summed E-state index contributed by atoms with van der Waals surface area (Å²) in [4.78, 5) is 26.1. The minimum atomic E-state index is -1.01. The molecule has 3 aromatic rings. The zero-order valence-corrected chi connectivity index (χ0v) is 18.9. The first-order valence-electron chi connectivity index (χ1n) is 10.8. The Balaban J connectivity index is 1.67. The molecule has 0 bridgehead atoms. The highest BCUT2D eigenvalue weighted by Crippen LogP contribution is 2.23. The topological polar surface area (TPSA) is 76.1 Å². The van der Waals surface area contributed by atoms with E-state index in [0.29, 0.717) is 12.3 Å². The Labute approximate surface area is 194 Å². The Morgan fingerprint density at radius 3 is 2.06 bits per heavy atom. The first-order chi connectivity index (χ1) is 16.0. The van der Waals surface area contributed by atoms with E-state index in [2.05, 4.69) is 0 Å². The molecule has 0 aliphatic rings. The number of carboxylic acid groups (broad SMARTS) is 1. The Bertz CT molecular complexity index is 1020. The number of hydrogen-bond donors (Lipinski definition) is 1. The lowest BCUT2D eigenvalue weighted by molar-refractivity contribution is -0.148. The average Bonchev–Trinajstić information content (AvgIpc) is 2.85. The molecule has 0 aliphatic carbocycles. The monoisotopic (exact) mass is 447 g/mol. The number of benzene rings is 3. The third-order valence-electron chi connectivity index (χ3n) is 5.53. The third-order valence-corrected chi connectivity index (χ3v) is 5.53. The van der Waals surface area contributed by atoms with Crippen LogP contribution >= 0.6 is 0 Å². The highest BCUT2D eigenvalue weighted by Gasteiger charge is 2.22. The Morgan fingerprint density at radius 1 is 0.879 bits per heavy atom. The molecule has 172 valence electrons. The van der Waals surface area contributed by atoms with Crippen LogP contribution in [0.15, 0.2) is 84.9 Å². The summed E-state index contributed by atoms with van der Waals surface area (Å²) in [6, 6.07) is 26.7. The average molecular weight is 448 g/mol. The molecular weight excluding hydrogens is 418 g/mol. The van der Waals surface area contributed by atoms with Crippen molar-refractivity contribution >= 4 is 11.9 Å². The van der Waals surface area contributed by atoms with Crippen LogP contribution in [-0.2, 0) is 27.3 Å². The van der Waals surface area contributed by atoms with Crippen LogP contribution in [0.2, 0.25) is 0 Å². The number of carbonyl (C=O) groups excluding carboxylic acids is 1. The standard InChI is InChI=1S/C27H29NO5/c1-20(23-11-7-4-8-12-23)28(18-22-9-5-3-6-10-22)26(29)19-33-24-15-13-21(14-16-24)17-25(32-2)27(30)31/h3-16,20,25H,17-19H2,1-2H3,(H,30,31). The number of carboxylic acids is 1. The zero-order valence-electron chi connectivity index (χ0n) is 18.9. The van der Waals surface area contributed by atoms with Crippen LogP contribution in [0.3, 0.4) is 0 Å². The molecule has 0 heterocycles. The summed E-state index contributed by atoms with van der Waals surface area (Å²) in [5.41, 5.74) is 2.91. The molecule has 0 aliphatic heterocycles. The van der Waals surface area contributed by atoms with E-state index in [9.17, 15) is 9.59 Å². The molecule has 6 nitrogen and oxygen atoms in total. The van der Waals surface area contributed by atoms with E-state index in [-0.39, 0.29) is 25.0 Å². The van der Waals surface area contributed by atoms with Gasteiger partial charge in [-0.05, 0) is 35.7 Å². The molecule has 1 amide bonds. The fraction of sp³-hybridized carbons (Fsp3) is 0.259. The van der Waals surface area contributed by atoms with Crippen molar-refractivity contribution in [2.45, 2.75) is 32.0 Å². The molecule has 6 heteroatoms. The molecule has 33 heavy (non-hydrogen) atoms. The first kappa shape index (κ1) is 24.0. The summed E-state index contributed by atoms with van der Waals surface area (Å²) in [5.74, 6) is -0.581. The molecule has 0 radical (unpaired) electrons. The number of ether oxygens (including phenoxy) is 2. The number of carbonyl (C=O) groups is 2. The van der Waals surface area contributed by atoms with E-state index < -0.39 is 12.1 Å². The lowest BCUT2D eigenvalue weighted by atomic mass is 10.1. The molecule has 0 spiro atoms. The minimum absolute atomic E-state index is 0.0980. The highest BCUT2D eigenvalue weighted by molar-refractivity contribution is 5.78. The van der Waals surface area contributed by atoms with Gasteiger partial charge in [0, 0.05) is 20.1 Å². The van der Waals surface area contributed by atoms with Gasteiger partial charge in [-0.3, -0.25) is 4.79 Å². The molecule has 0 saturated heterocycles. The van der Waals surface area contributed by atoms with Crippen LogP contribution in [-0.4, -0.2) is 41.7 Å². The molecule has 2 unspecified atom stereocenters. The highest BCUT2D eigenvalue weighted by atomic mass is 16.5. The van der Waals surface area contributed by atoms with Crippen LogP contribution in [0.1, 0.15) is 29.7 Å². The van der Waals surface area contributed by atoms with Gasteiger partial charge in [-0.1, -0.05) is 72.8 Å². The van der Waals surface area contributed by atoms with E-state index in [0.717, 1.165) is 16.7 Å². The smallest absolute Gasteiger partial charge is 0.333 e. The number of hydrogen-bond acceptors (Lipinski definition) is 4. The molecule has 0 fully saturated rings. The van der Waals surface area contributed by atoms with Crippen molar-refractivity contribution in [3.63, 3.8) is 0 Å². The Kier molecular flexibility index (Phi) is 8.61. The molecule has 1 N–H and O–H groups in total. The van der Waals surface area contributed by atoms with E-state index in [4.69, 9.17) is 14.6 Å². The van der Waals surface area contributed by atoms with Gasteiger partial charge in [-0.2, -0.15) is 0 Å². The van der Waals surface area contributed by atoms with Crippen molar-refractivity contribution in [1.29, 1.82) is 0 Å². The lowest BCUT2D eigenvalue weighted by Gasteiger charge is -2.30. The van der Waals surface area contributed by atoms with Crippen molar-refractivity contribution in [3.8, 4) is 5.75 Å². The predicted molar refractivity (Wildman–Crippen MR) is 126 cm³/mol. The van der Waals surface area contributed by atoms with E-state index in [1.54, 1.807) is 24.3 Å². The maximum Gasteiger partial charge on any atom is 0.333 e. The Morgan fingerprint density at radius 2 is 1.48 bits per heavy atom. The summed E-state index contributed by atoms with van der Waals surface area (Å²) in [5, 5.41) is 9.13. The van der Waals surface area contributed by atoms with E-state index >= 15 is 0 Å². The molecular formula is C27H29NO5. The van der Waals surface area contributed by atoms with Gasteiger partial charge in [0.15, 0.2) is 12.7 Å². The molecule has 3 rings (SSSR count). The maximum atomic E-state index is 13.2. The molecule has 0 saturated carbocycles. The summed E-state index contributed by atoms with van der Waals surface area (Å²) in [6.45, 7) is 2.39. The van der Waals surface area contributed by atoms with Crippen LogP contribution in [0, 0.1) is 0 Å². The minimum Gasteiger partial charge on any atom is -0.484 e. The van der Waals surface area contributed by atoms with Crippen LogP contribution in [0.5, 0.6) is 5.75 Å². The number of amides is 1. The predicted octanol–water partition coefficient (Wildman–Crippen LogP) is 4.50. The summed E-state index contributed by atoms with van der Waals surface area (Å²) < 4.78 is 10.7. The summed E-state index contributed by atoms with van der Waals surface area (Å²) in [6.07, 6.45) is -0.644. The normalized spacial score (nSPS) is 12.5. The summed E-state index contributed by atoms with van der Waals surface area (Å²) in [7, 11) is 1.37. The van der Waals surface area contributed by atoms with Crippen molar-refractivity contribution < 1.29 is 24.2 Å². The first-order valence-corrected chi connectivity index (χ1v) is 10.8. The van der Waals surface area contributed by atoms with Crippen molar-refractivity contribution in [3.05, 3.63) is 102 Å². The lowest BCUT2D eigenvalue weighted by Crippen LogP contribution is -2.36. The quantitative estimate of drug-likeness (QED) is 0.468. The fourth-order valence-corrected chi connectivity index (χ4v) is 3.57. The number of methoxy groups -OCH3 is 1. The van der Waals surface area contributed by atoms with Gasteiger partial charge < -0.3 is 19.5 Å². The van der Waals surface area contributed by atoms with Gasteiger partial charge in [0.1, 0.15) is 5.75 Å². The summed E-state index contributed by atoms with van der Waals surface area (Å²) >= 11 is 0. The van der Waals surface area contributed by atoms with Gasteiger partial charge in [0.2, 0.25) is 0 Å². The SMILES string of the molecule is COC(Cc1ccc(OCC(=O)N(Cc2ccccc2)C(C)c2ccccc2)cc1)C(=O)O. The molecule has 2 atom stereocenters. The fourth-order valence-electron chi connectivity index (χ4n) is 3.57. The van der Waals surface area contributed by atoms with Crippen molar-refractivity contribution in [2.75, 3.05) is 13.7 Å². The molecule has 0 aromatic heterocycles. The van der Waals surface area contributed by atoms with E-state index in [1.165, 1.54) is 7.11 Å². The largest absolute Gasteiger partial charge is 0.484 e. The maximum absolute atomic E-state index is 13.2. The van der Waals surface area contributed by atoms with Crippen LogP contribution < -0.4 is 4.74 Å². The zero-order chi connectivity index (χ0) is 23.6. The third kappa shape index (κ3) is 6.92. The van der Waals surface area contributed by atoms with E-state index in [1.807, 2.05) is 72.5 Å². The molecule has 3 aromatic carbocycles. The van der Waals surface area contributed by atoms with Gasteiger partial charge in [0.05, 0.1) is 6.04 Å². The number of aliphatic carboxylic acids is 1. The Hall–Kier alpha value is -3.64. The van der Waals surface area contributed by atoms with Crippen LogP contribution in [0.4, 0.5) is 0 Å².